The molecule has 6 rings (SSSR count). The van der Waals surface area contributed by atoms with Crippen LogP contribution in [0.25, 0.3) is 6.08 Å². The van der Waals surface area contributed by atoms with E-state index in [9.17, 15) is 30.0 Å². The van der Waals surface area contributed by atoms with Gasteiger partial charge in [0.2, 0.25) is 0 Å². The second kappa shape index (κ2) is 10.7. The number of aliphatic hydroxyl groups excluding tert-OH is 1. The van der Waals surface area contributed by atoms with Crippen LogP contribution in [0.2, 0.25) is 0 Å². The first-order chi connectivity index (χ1) is 21.3. The van der Waals surface area contributed by atoms with Crippen molar-refractivity contribution < 1.29 is 34.8 Å². The van der Waals surface area contributed by atoms with E-state index in [-0.39, 0.29) is 39.7 Å². The maximum Gasteiger partial charge on any atom is 0.331 e. The highest BCUT2D eigenvalue weighted by molar-refractivity contribution is 5.87. The summed E-state index contributed by atoms with van der Waals surface area (Å²) >= 11 is 0. The SMILES string of the molecule is CC1CCC2(C(=O)O)CCC3(C)C(=CCC4C5(C)CC(O)C(OC(=O)/C=C/c6ccc(O)cc6)C(C)(C)C5CCC43C)C2C1(C)O. The van der Waals surface area contributed by atoms with Crippen LogP contribution in [0.5, 0.6) is 5.75 Å². The number of carbonyl (C=O) groups is 2. The Hall–Kier alpha value is -2.64. The molecule has 46 heavy (non-hydrogen) atoms. The minimum absolute atomic E-state index is 0.0110. The molecule has 0 aromatic heterocycles. The highest BCUT2D eigenvalue weighted by Crippen LogP contribution is 2.76. The molecule has 5 aliphatic carbocycles. The first-order valence-electron chi connectivity index (χ1n) is 17.4. The molecule has 7 nitrogen and oxygen atoms in total. The van der Waals surface area contributed by atoms with Crippen LogP contribution in [-0.4, -0.2) is 50.2 Å². The summed E-state index contributed by atoms with van der Waals surface area (Å²) in [6, 6.07) is 6.57. The summed E-state index contributed by atoms with van der Waals surface area (Å²) < 4.78 is 6.03. The number of allylic oxidation sites excluding steroid dienone is 1. The molecule has 0 spiro atoms. The van der Waals surface area contributed by atoms with E-state index in [1.54, 1.807) is 30.3 Å². The van der Waals surface area contributed by atoms with E-state index in [0.29, 0.717) is 25.7 Å². The fourth-order valence-electron chi connectivity index (χ4n) is 12.1. The quantitative estimate of drug-likeness (QED) is 0.158. The fourth-order valence-corrected chi connectivity index (χ4v) is 12.1. The molecule has 4 fully saturated rings. The van der Waals surface area contributed by atoms with Crippen LogP contribution in [0.15, 0.2) is 42.0 Å². The van der Waals surface area contributed by atoms with Crippen molar-refractivity contribution in [3.05, 3.63) is 47.6 Å². The number of aliphatic carboxylic acids is 1. The van der Waals surface area contributed by atoms with E-state index in [2.05, 4.69) is 47.6 Å². The molecule has 0 heterocycles. The van der Waals surface area contributed by atoms with E-state index in [1.807, 2.05) is 6.92 Å². The van der Waals surface area contributed by atoms with Gasteiger partial charge in [-0.05, 0) is 116 Å². The minimum Gasteiger partial charge on any atom is -0.508 e. The number of hydrogen-bond donors (Lipinski definition) is 4. The van der Waals surface area contributed by atoms with Crippen molar-refractivity contribution in [1.29, 1.82) is 0 Å². The Labute approximate surface area is 274 Å². The van der Waals surface area contributed by atoms with Gasteiger partial charge in [-0.25, -0.2) is 4.79 Å². The molecule has 11 atom stereocenters. The van der Waals surface area contributed by atoms with Crippen molar-refractivity contribution in [2.45, 2.75) is 118 Å². The number of benzene rings is 1. The lowest BCUT2D eigenvalue weighted by atomic mass is 9.33. The lowest BCUT2D eigenvalue weighted by Crippen LogP contribution is -2.69. The summed E-state index contributed by atoms with van der Waals surface area (Å²) in [5.74, 6) is -1.07. The molecule has 252 valence electrons. The normalized spacial score (nSPS) is 46.2. The third-order valence-electron chi connectivity index (χ3n) is 14.9. The zero-order valence-corrected chi connectivity index (χ0v) is 28.7. The van der Waals surface area contributed by atoms with Gasteiger partial charge >= 0.3 is 11.9 Å². The van der Waals surface area contributed by atoms with Gasteiger partial charge in [0.25, 0.3) is 0 Å². The topological polar surface area (TPSA) is 124 Å². The molecule has 0 saturated heterocycles. The second-order valence-electron chi connectivity index (χ2n) is 17.2. The summed E-state index contributed by atoms with van der Waals surface area (Å²) in [5, 5.41) is 44.0. The number of phenolic OH excluding ortho intramolecular Hbond substituents is 1. The minimum atomic E-state index is -1.11. The van der Waals surface area contributed by atoms with Crippen molar-refractivity contribution in [1.82, 2.24) is 0 Å². The average Bonchev–Trinajstić information content (AvgIpc) is 2.97. The highest BCUT2D eigenvalue weighted by Gasteiger charge is 2.72. The Morgan fingerprint density at radius 3 is 2.26 bits per heavy atom. The third-order valence-corrected chi connectivity index (χ3v) is 14.9. The number of phenols is 1. The van der Waals surface area contributed by atoms with Crippen LogP contribution >= 0.6 is 0 Å². The van der Waals surface area contributed by atoms with Crippen molar-refractivity contribution in [3.63, 3.8) is 0 Å². The molecule has 4 saturated carbocycles. The summed E-state index contributed by atoms with van der Waals surface area (Å²) in [4.78, 5) is 26.0. The fraction of sp³-hybridized carbons (Fsp3) is 0.692. The van der Waals surface area contributed by atoms with Crippen molar-refractivity contribution in [2.75, 3.05) is 0 Å². The Morgan fingerprint density at radius 2 is 1.61 bits per heavy atom. The van der Waals surface area contributed by atoms with Gasteiger partial charge in [-0.3, -0.25) is 4.79 Å². The number of aliphatic hydroxyl groups is 2. The van der Waals surface area contributed by atoms with Crippen LogP contribution in [0.3, 0.4) is 0 Å². The number of ether oxygens (including phenoxy) is 1. The molecule has 0 amide bonds. The molecular weight excluding hydrogens is 580 g/mol. The zero-order valence-electron chi connectivity index (χ0n) is 28.7. The molecule has 5 aliphatic rings. The Balaban J connectivity index is 1.31. The molecule has 1 aromatic carbocycles. The summed E-state index contributed by atoms with van der Waals surface area (Å²) in [7, 11) is 0. The maximum absolute atomic E-state index is 13.0. The molecule has 4 N–H and O–H groups in total. The van der Waals surface area contributed by atoms with Crippen molar-refractivity contribution in [2.24, 2.45) is 50.7 Å². The van der Waals surface area contributed by atoms with Crippen LogP contribution in [0.4, 0.5) is 0 Å². The van der Waals surface area contributed by atoms with E-state index in [1.165, 1.54) is 6.08 Å². The standard InChI is InChI=1S/C39H54O7/c1-23-16-19-39(33(43)44)21-20-36(5)26(31(39)38(23,7)45)13-14-29-35(4)22-27(41)32(34(2,3)28(35)17-18-37(29,36)6)46-30(42)15-10-24-8-11-25(40)12-9-24/h8-13,15,23,27-29,31-32,40-41,45H,14,16-22H2,1-7H3,(H,43,44)/b15-10+. The number of esters is 1. The number of aromatic hydroxyl groups is 1. The molecule has 11 unspecified atom stereocenters. The van der Waals surface area contributed by atoms with Gasteiger partial charge in [-0.1, -0.05) is 65.3 Å². The van der Waals surface area contributed by atoms with Gasteiger partial charge in [0, 0.05) is 17.4 Å². The largest absolute Gasteiger partial charge is 0.508 e. The van der Waals surface area contributed by atoms with E-state index in [4.69, 9.17) is 4.74 Å². The molecule has 7 heteroatoms. The monoisotopic (exact) mass is 634 g/mol. The molecule has 1 aromatic rings. The molecular formula is C39H54O7. The number of hydrogen-bond acceptors (Lipinski definition) is 6. The number of carbonyl (C=O) groups excluding carboxylic acids is 1. The predicted molar refractivity (Wildman–Crippen MR) is 176 cm³/mol. The van der Waals surface area contributed by atoms with Crippen molar-refractivity contribution in [3.8, 4) is 5.75 Å². The van der Waals surface area contributed by atoms with E-state index >= 15 is 0 Å². The van der Waals surface area contributed by atoms with Crippen LogP contribution < -0.4 is 0 Å². The first kappa shape index (κ1) is 33.3. The van der Waals surface area contributed by atoms with Crippen LogP contribution in [0, 0.1) is 50.7 Å². The molecule has 0 aliphatic heterocycles. The number of carboxylic acids is 1. The zero-order chi connectivity index (χ0) is 33.7. The Morgan fingerprint density at radius 1 is 0.935 bits per heavy atom. The van der Waals surface area contributed by atoms with Crippen molar-refractivity contribution >= 4 is 18.0 Å². The summed E-state index contributed by atoms with van der Waals surface area (Å²) in [6.45, 7) is 15.3. The second-order valence-corrected chi connectivity index (χ2v) is 17.2. The van der Waals surface area contributed by atoms with Crippen LogP contribution in [0.1, 0.15) is 105 Å². The first-order valence-corrected chi connectivity index (χ1v) is 17.4. The Bertz CT molecular complexity index is 1460. The van der Waals surface area contributed by atoms with E-state index in [0.717, 1.165) is 36.8 Å². The molecule has 0 bridgehead atoms. The van der Waals surface area contributed by atoms with Gasteiger partial charge in [0.05, 0.1) is 17.1 Å². The lowest BCUT2D eigenvalue weighted by molar-refractivity contribution is -0.242. The van der Waals surface area contributed by atoms with E-state index < -0.39 is 46.5 Å². The molecule has 0 radical (unpaired) electrons. The van der Waals surface area contributed by atoms with Crippen LogP contribution in [-0.2, 0) is 14.3 Å². The number of fused-ring (bicyclic) bond motifs is 7. The number of carboxylic acid groups (broad SMARTS) is 1. The lowest BCUT2D eigenvalue weighted by Gasteiger charge is -2.72. The average molecular weight is 635 g/mol. The number of rotatable bonds is 4. The van der Waals surface area contributed by atoms with Gasteiger partial charge in [-0.15, -0.1) is 0 Å². The Kier molecular flexibility index (Phi) is 7.73. The maximum atomic E-state index is 13.0. The van der Waals surface area contributed by atoms with Gasteiger partial charge in [0.15, 0.2) is 0 Å². The third kappa shape index (κ3) is 4.50. The van der Waals surface area contributed by atoms with Gasteiger partial charge in [-0.2, -0.15) is 0 Å². The summed E-state index contributed by atoms with van der Waals surface area (Å²) in [6.07, 6.45) is 9.72. The predicted octanol–water partition coefficient (Wildman–Crippen LogP) is 7.15. The highest BCUT2D eigenvalue weighted by atomic mass is 16.6. The van der Waals surface area contributed by atoms with Gasteiger partial charge in [0.1, 0.15) is 11.9 Å². The summed E-state index contributed by atoms with van der Waals surface area (Å²) in [5.41, 5.74) is -1.25. The van der Waals surface area contributed by atoms with Gasteiger partial charge < -0.3 is 25.2 Å². The smallest absolute Gasteiger partial charge is 0.331 e.